The summed E-state index contributed by atoms with van der Waals surface area (Å²) in [5.74, 6) is 0.498. The second-order valence-electron chi connectivity index (χ2n) is 2.83. The number of hydrogen-bond donors (Lipinski definition) is 0. The maximum Gasteiger partial charge on any atom is 0.514 e. The van der Waals surface area contributed by atoms with Gasteiger partial charge in [0.1, 0.15) is 5.75 Å². The second-order valence-corrected chi connectivity index (χ2v) is 4.58. The quantitative estimate of drug-likeness (QED) is 0.364. The molecule has 1 aromatic carbocycles. The highest BCUT2D eigenvalue weighted by Crippen LogP contribution is 2.13. The number of carbonyl (C=O) groups excluding carboxylic acids is 1. The van der Waals surface area contributed by atoms with Crippen LogP contribution in [0.1, 0.15) is 12.5 Å². The molecule has 0 aliphatic heterocycles. The minimum atomic E-state index is -0.671. The van der Waals surface area contributed by atoms with Gasteiger partial charge in [-0.3, -0.25) is 0 Å². The lowest BCUT2D eigenvalue weighted by Gasteiger charge is -2.06. The summed E-state index contributed by atoms with van der Waals surface area (Å²) >= 11 is 1.98. The summed E-state index contributed by atoms with van der Waals surface area (Å²) in [6.07, 6.45) is -0.671. The highest BCUT2D eigenvalue weighted by molar-refractivity contribution is 14.1. The van der Waals surface area contributed by atoms with Crippen LogP contribution in [0.3, 0.4) is 0 Å². The van der Waals surface area contributed by atoms with E-state index in [1.165, 1.54) is 0 Å². The van der Waals surface area contributed by atoms with Crippen LogP contribution in [-0.4, -0.2) is 10.3 Å². The van der Waals surface area contributed by atoms with E-state index < -0.39 is 6.16 Å². The van der Waals surface area contributed by atoms with Crippen LogP contribution >= 0.6 is 22.6 Å². The molecule has 1 aromatic rings. The maximum atomic E-state index is 11.1. The van der Waals surface area contributed by atoms with Crippen LogP contribution < -0.4 is 4.74 Å². The highest BCUT2D eigenvalue weighted by Gasteiger charge is 2.08. The summed E-state index contributed by atoms with van der Waals surface area (Å²) in [7, 11) is 0. The molecule has 0 radical (unpaired) electrons. The van der Waals surface area contributed by atoms with Crippen LogP contribution in [0.4, 0.5) is 4.79 Å². The lowest BCUT2D eigenvalue weighted by molar-refractivity contribution is 0.0988. The van der Waals surface area contributed by atoms with Crippen LogP contribution in [0.15, 0.2) is 24.3 Å². The Morgan fingerprint density at radius 2 is 1.93 bits per heavy atom. The van der Waals surface area contributed by atoms with Crippen molar-refractivity contribution in [1.29, 1.82) is 0 Å². The van der Waals surface area contributed by atoms with Gasteiger partial charge < -0.3 is 9.47 Å². The smallest absolute Gasteiger partial charge is 0.420 e. The number of aryl methyl sites for hydroxylation is 1. The molecule has 14 heavy (non-hydrogen) atoms. The Morgan fingerprint density at radius 1 is 1.36 bits per heavy atom. The van der Waals surface area contributed by atoms with Crippen molar-refractivity contribution in [3.8, 4) is 5.75 Å². The number of ether oxygens (including phenoxy) is 2. The molecule has 0 amide bonds. The van der Waals surface area contributed by atoms with Gasteiger partial charge in [0.15, 0.2) is 4.11 Å². The van der Waals surface area contributed by atoms with Crippen LogP contribution in [-0.2, 0) is 4.74 Å². The third-order valence-electron chi connectivity index (χ3n) is 1.48. The molecule has 0 aliphatic carbocycles. The minimum Gasteiger partial charge on any atom is -0.420 e. The fourth-order valence-corrected chi connectivity index (χ4v) is 1.07. The van der Waals surface area contributed by atoms with Crippen LogP contribution in [0, 0.1) is 6.92 Å². The zero-order chi connectivity index (χ0) is 10.6. The van der Waals surface area contributed by atoms with Gasteiger partial charge in [-0.25, -0.2) is 4.79 Å². The molecule has 3 nitrogen and oxygen atoms in total. The molecule has 1 rings (SSSR count). The summed E-state index contributed by atoms with van der Waals surface area (Å²) in [6.45, 7) is 3.73. The number of hydrogen-bond acceptors (Lipinski definition) is 3. The average Bonchev–Trinajstić information content (AvgIpc) is 2.07. The van der Waals surface area contributed by atoms with Crippen molar-refractivity contribution in [3.63, 3.8) is 0 Å². The molecule has 76 valence electrons. The van der Waals surface area contributed by atoms with Crippen molar-refractivity contribution in [2.45, 2.75) is 18.0 Å². The number of halogens is 1. The first-order valence-electron chi connectivity index (χ1n) is 4.17. The molecule has 0 saturated carbocycles. The first-order valence-corrected chi connectivity index (χ1v) is 5.41. The Labute approximate surface area is 96.5 Å². The summed E-state index contributed by atoms with van der Waals surface area (Å²) in [6, 6.07) is 7.20. The lowest BCUT2D eigenvalue weighted by atomic mass is 10.2. The zero-order valence-electron chi connectivity index (χ0n) is 7.99. The number of benzene rings is 1. The SMILES string of the molecule is Cc1ccc(OC(=O)OC(C)I)cc1. The monoisotopic (exact) mass is 306 g/mol. The summed E-state index contributed by atoms with van der Waals surface area (Å²) in [4.78, 5) is 11.1. The second kappa shape index (κ2) is 5.19. The van der Waals surface area contributed by atoms with E-state index in [0.717, 1.165) is 5.56 Å². The molecule has 0 spiro atoms. The molecule has 0 bridgehead atoms. The van der Waals surface area contributed by atoms with E-state index in [9.17, 15) is 4.79 Å². The minimum absolute atomic E-state index is 0.189. The summed E-state index contributed by atoms with van der Waals surface area (Å²) < 4.78 is 9.53. The molecule has 1 atom stereocenters. The van der Waals surface area contributed by atoms with Crippen molar-refractivity contribution in [2.24, 2.45) is 0 Å². The van der Waals surface area contributed by atoms with Crippen molar-refractivity contribution in [3.05, 3.63) is 29.8 Å². The standard InChI is InChI=1S/C10H11IO3/c1-7-3-5-9(6-4-7)14-10(12)13-8(2)11/h3-6,8H,1-2H3. The van der Waals surface area contributed by atoms with Crippen molar-refractivity contribution in [2.75, 3.05) is 0 Å². The Hall–Kier alpha value is -0.780. The Balaban J connectivity index is 2.52. The fourth-order valence-electron chi connectivity index (χ4n) is 0.859. The van der Waals surface area contributed by atoms with Gasteiger partial charge >= 0.3 is 6.16 Å². The van der Waals surface area contributed by atoms with Gasteiger partial charge in [0.05, 0.1) is 0 Å². The van der Waals surface area contributed by atoms with E-state index in [2.05, 4.69) is 0 Å². The van der Waals surface area contributed by atoms with Crippen LogP contribution in [0.5, 0.6) is 5.75 Å². The van der Waals surface area contributed by atoms with E-state index in [-0.39, 0.29) is 4.11 Å². The van der Waals surface area contributed by atoms with E-state index in [4.69, 9.17) is 9.47 Å². The normalized spacial score (nSPS) is 11.9. The molecule has 0 heterocycles. The van der Waals surface area contributed by atoms with Gasteiger partial charge in [-0.05, 0) is 48.6 Å². The van der Waals surface area contributed by atoms with Crippen molar-refractivity contribution < 1.29 is 14.3 Å². The molecule has 0 fully saturated rings. The molecule has 0 aliphatic rings. The van der Waals surface area contributed by atoms with Crippen molar-refractivity contribution in [1.82, 2.24) is 0 Å². The molecule has 0 aromatic heterocycles. The van der Waals surface area contributed by atoms with Gasteiger partial charge in [0.2, 0.25) is 0 Å². The zero-order valence-corrected chi connectivity index (χ0v) is 10.1. The topological polar surface area (TPSA) is 35.5 Å². The maximum absolute atomic E-state index is 11.1. The average molecular weight is 306 g/mol. The van der Waals surface area contributed by atoms with Gasteiger partial charge in [-0.1, -0.05) is 17.7 Å². The highest BCUT2D eigenvalue weighted by atomic mass is 127. The number of alkyl halides is 1. The van der Waals surface area contributed by atoms with Crippen molar-refractivity contribution >= 4 is 28.7 Å². The first kappa shape index (κ1) is 11.3. The van der Waals surface area contributed by atoms with Crippen LogP contribution in [0.2, 0.25) is 0 Å². The van der Waals surface area contributed by atoms with Gasteiger partial charge in [0, 0.05) is 0 Å². The predicted molar refractivity (Wildman–Crippen MR) is 61.8 cm³/mol. The number of rotatable bonds is 2. The Morgan fingerprint density at radius 3 is 2.43 bits per heavy atom. The largest absolute Gasteiger partial charge is 0.514 e. The van der Waals surface area contributed by atoms with E-state index in [1.807, 2.05) is 41.6 Å². The third kappa shape index (κ3) is 3.95. The van der Waals surface area contributed by atoms with Gasteiger partial charge in [-0.2, -0.15) is 0 Å². The third-order valence-corrected chi connectivity index (χ3v) is 1.74. The van der Waals surface area contributed by atoms with E-state index >= 15 is 0 Å². The molecule has 4 heteroatoms. The molecular formula is C10H11IO3. The van der Waals surface area contributed by atoms with Crippen LogP contribution in [0.25, 0.3) is 0 Å². The lowest BCUT2D eigenvalue weighted by Crippen LogP contribution is -2.13. The molecule has 0 saturated heterocycles. The van der Waals surface area contributed by atoms with E-state index in [0.29, 0.717) is 5.75 Å². The predicted octanol–water partition coefficient (Wildman–Crippen LogP) is 3.29. The Kier molecular flexibility index (Phi) is 4.19. The number of carbonyl (C=O) groups is 1. The molecular weight excluding hydrogens is 295 g/mol. The summed E-state index contributed by atoms with van der Waals surface area (Å²) in [5.41, 5.74) is 1.12. The first-order chi connectivity index (χ1) is 6.58. The molecule has 0 N–H and O–H groups in total. The molecule has 1 unspecified atom stereocenters. The summed E-state index contributed by atoms with van der Waals surface area (Å²) in [5, 5.41) is 0. The fraction of sp³-hybridized carbons (Fsp3) is 0.300. The Bertz CT molecular complexity index is 306. The van der Waals surface area contributed by atoms with Gasteiger partial charge in [0.25, 0.3) is 0 Å². The van der Waals surface area contributed by atoms with Gasteiger partial charge in [-0.15, -0.1) is 0 Å². The van der Waals surface area contributed by atoms with E-state index in [1.54, 1.807) is 19.1 Å².